The van der Waals surface area contributed by atoms with E-state index in [4.69, 9.17) is 0 Å². The van der Waals surface area contributed by atoms with Crippen LogP contribution in [0.2, 0.25) is 0 Å². The van der Waals surface area contributed by atoms with Crippen molar-refractivity contribution in [3.05, 3.63) is 69.7 Å². The van der Waals surface area contributed by atoms with Crippen molar-refractivity contribution in [1.29, 1.82) is 0 Å². The number of nitrogens with zero attached hydrogens (tertiary/aromatic N) is 2. The van der Waals surface area contributed by atoms with Crippen molar-refractivity contribution in [2.45, 2.75) is 26.3 Å². The number of nitrogens with one attached hydrogen (secondary N) is 1. The quantitative estimate of drug-likeness (QED) is 0.778. The summed E-state index contributed by atoms with van der Waals surface area (Å²) in [7, 11) is 0. The molecule has 0 radical (unpaired) electrons. The van der Waals surface area contributed by atoms with Crippen molar-refractivity contribution in [3.8, 4) is 0 Å². The zero-order valence-electron chi connectivity index (χ0n) is 16.3. The molecule has 0 aromatic heterocycles. The van der Waals surface area contributed by atoms with Gasteiger partial charge in [-0.3, -0.25) is 4.79 Å². The van der Waals surface area contributed by atoms with Crippen LogP contribution in [0.4, 0.5) is 4.79 Å². The second-order valence-corrected chi connectivity index (χ2v) is 8.17. The lowest BCUT2D eigenvalue weighted by Gasteiger charge is -2.35. The fourth-order valence-corrected chi connectivity index (χ4v) is 3.70. The molecule has 5 nitrogen and oxygen atoms in total. The molecule has 1 saturated heterocycles. The van der Waals surface area contributed by atoms with Crippen LogP contribution >= 0.6 is 15.9 Å². The standard InChI is InChI=1S/C22H26BrN3O2/c1-16-6-8-18(9-7-16)14-21(27)25-10-12-26(13-11-25)22(28)24-17(2)19-4-3-5-20(23)15-19/h3-9,15,17H,10-14H2,1-2H3,(H,24,28). The average Bonchev–Trinajstić information content (AvgIpc) is 2.69. The molecular weight excluding hydrogens is 418 g/mol. The van der Waals surface area contributed by atoms with E-state index in [9.17, 15) is 9.59 Å². The highest BCUT2D eigenvalue weighted by Crippen LogP contribution is 2.18. The first kappa shape index (κ1) is 20.4. The molecule has 1 unspecified atom stereocenters. The molecular formula is C22H26BrN3O2. The topological polar surface area (TPSA) is 52.7 Å². The Hall–Kier alpha value is -2.34. The van der Waals surface area contributed by atoms with Crippen molar-refractivity contribution >= 4 is 27.9 Å². The SMILES string of the molecule is Cc1ccc(CC(=O)N2CCN(C(=O)NC(C)c3cccc(Br)c3)CC2)cc1. The summed E-state index contributed by atoms with van der Waals surface area (Å²) < 4.78 is 0.992. The first-order valence-corrected chi connectivity index (χ1v) is 10.4. The first-order chi connectivity index (χ1) is 13.4. The van der Waals surface area contributed by atoms with Crippen LogP contribution in [0.25, 0.3) is 0 Å². The highest BCUT2D eigenvalue weighted by atomic mass is 79.9. The lowest BCUT2D eigenvalue weighted by Crippen LogP contribution is -2.53. The third-order valence-electron chi connectivity index (χ3n) is 5.08. The van der Waals surface area contributed by atoms with Crippen molar-refractivity contribution in [3.63, 3.8) is 0 Å². The predicted molar refractivity (Wildman–Crippen MR) is 114 cm³/mol. The zero-order valence-corrected chi connectivity index (χ0v) is 17.9. The molecule has 2 aromatic rings. The Morgan fingerprint density at radius 1 is 1.04 bits per heavy atom. The van der Waals surface area contributed by atoms with Gasteiger partial charge in [0.05, 0.1) is 12.5 Å². The largest absolute Gasteiger partial charge is 0.339 e. The summed E-state index contributed by atoms with van der Waals surface area (Å²) in [6, 6.07) is 15.8. The molecule has 0 saturated carbocycles. The van der Waals surface area contributed by atoms with Gasteiger partial charge in [-0.1, -0.05) is 57.9 Å². The number of amides is 3. The van der Waals surface area contributed by atoms with Crippen LogP contribution in [0.15, 0.2) is 53.0 Å². The summed E-state index contributed by atoms with van der Waals surface area (Å²) in [5.41, 5.74) is 3.26. The van der Waals surface area contributed by atoms with Crippen molar-refractivity contribution < 1.29 is 9.59 Å². The van der Waals surface area contributed by atoms with Gasteiger partial charge in [-0.25, -0.2) is 4.79 Å². The Bertz CT molecular complexity index is 830. The number of halogens is 1. The van der Waals surface area contributed by atoms with Gasteiger partial charge in [0.1, 0.15) is 0 Å². The molecule has 0 bridgehead atoms. The van der Waals surface area contributed by atoms with Crippen LogP contribution in [0, 0.1) is 6.92 Å². The van der Waals surface area contributed by atoms with Crippen LogP contribution in [-0.2, 0) is 11.2 Å². The van der Waals surface area contributed by atoms with Gasteiger partial charge in [0.25, 0.3) is 0 Å². The molecule has 148 valence electrons. The zero-order chi connectivity index (χ0) is 20.1. The number of carbonyl (C=O) groups is 2. The van der Waals surface area contributed by atoms with Crippen LogP contribution in [0.3, 0.4) is 0 Å². The van der Waals surface area contributed by atoms with E-state index in [1.807, 2.05) is 67.3 Å². The molecule has 0 spiro atoms. The first-order valence-electron chi connectivity index (χ1n) is 9.56. The normalized spacial score (nSPS) is 15.2. The number of benzene rings is 2. The second-order valence-electron chi connectivity index (χ2n) is 7.26. The summed E-state index contributed by atoms with van der Waals surface area (Å²) in [4.78, 5) is 28.7. The van der Waals surface area contributed by atoms with Gasteiger partial charge >= 0.3 is 6.03 Å². The lowest BCUT2D eigenvalue weighted by molar-refractivity contribution is -0.131. The van der Waals surface area contributed by atoms with E-state index < -0.39 is 0 Å². The summed E-state index contributed by atoms with van der Waals surface area (Å²) in [5.74, 6) is 0.117. The molecule has 3 amide bonds. The second kappa shape index (κ2) is 9.24. The molecule has 1 aliphatic heterocycles. The molecule has 1 fully saturated rings. The fraction of sp³-hybridized carbons (Fsp3) is 0.364. The van der Waals surface area contributed by atoms with E-state index in [1.54, 1.807) is 4.90 Å². The van der Waals surface area contributed by atoms with Crippen LogP contribution in [0.5, 0.6) is 0 Å². The average molecular weight is 444 g/mol. The summed E-state index contributed by atoms with van der Waals surface area (Å²) in [6.07, 6.45) is 0.409. The molecule has 0 aliphatic carbocycles. The van der Waals surface area contributed by atoms with E-state index in [2.05, 4.69) is 21.2 Å². The summed E-state index contributed by atoms with van der Waals surface area (Å²) >= 11 is 3.46. The third kappa shape index (κ3) is 5.35. The van der Waals surface area contributed by atoms with Gasteiger partial charge in [-0.15, -0.1) is 0 Å². The monoisotopic (exact) mass is 443 g/mol. The summed E-state index contributed by atoms with van der Waals surface area (Å²) in [5, 5.41) is 3.04. The number of urea groups is 1. The van der Waals surface area contributed by atoms with Crippen LogP contribution in [0.1, 0.15) is 29.7 Å². The molecule has 1 atom stereocenters. The third-order valence-corrected chi connectivity index (χ3v) is 5.58. The number of carbonyl (C=O) groups excluding carboxylic acids is 2. The number of piperazine rings is 1. The molecule has 28 heavy (non-hydrogen) atoms. The van der Waals surface area contributed by atoms with E-state index in [0.717, 1.165) is 15.6 Å². The van der Waals surface area contributed by atoms with Gasteiger partial charge in [0, 0.05) is 30.7 Å². The maximum Gasteiger partial charge on any atom is 0.317 e. The molecule has 6 heteroatoms. The Labute approximate surface area is 174 Å². The number of hydrogen-bond acceptors (Lipinski definition) is 2. The molecule has 2 aromatic carbocycles. The van der Waals surface area contributed by atoms with Crippen molar-refractivity contribution in [1.82, 2.24) is 15.1 Å². The van der Waals surface area contributed by atoms with Crippen LogP contribution < -0.4 is 5.32 Å². The highest BCUT2D eigenvalue weighted by Gasteiger charge is 2.25. The van der Waals surface area contributed by atoms with Crippen molar-refractivity contribution in [2.75, 3.05) is 26.2 Å². The minimum atomic E-state index is -0.0851. The van der Waals surface area contributed by atoms with Gasteiger partial charge in [0.2, 0.25) is 5.91 Å². The van der Waals surface area contributed by atoms with E-state index in [1.165, 1.54) is 5.56 Å². The number of aryl methyl sites for hydroxylation is 1. The van der Waals surface area contributed by atoms with Gasteiger partial charge in [-0.05, 0) is 37.1 Å². The smallest absolute Gasteiger partial charge is 0.317 e. The molecule has 1 aliphatic rings. The maximum atomic E-state index is 12.6. The molecule has 1 N–H and O–H groups in total. The Kier molecular flexibility index (Phi) is 6.73. The van der Waals surface area contributed by atoms with E-state index in [0.29, 0.717) is 32.6 Å². The number of hydrogen-bond donors (Lipinski definition) is 1. The van der Waals surface area contributed by atoms with Crippen LogP contribution in [-0.4, -0.2) is 47.9 Å². The Morgan fingerprint density at radius 3 is 2.32 bits per heavy atom. The Balaban J connectivity index is 1.48. The highest BCUT2D eigenvalue weighted by molar-refractivity contribution is 9.10. The summed E-state index contributed by atoms with van der Waals surface area (Å²) in [6.45, 7) is 6.26. The van der Waals surface area contributed by atoms with Gasteiger partial charge < -0.3 is 15.1 Å². The lowest BCUT2D eigenvalue weighted by atomic mass is 10.1. The molecule has 1 heterocycles. The molecule has 3 rings (SSSR count). The van der Waals surface area contributed by atoms with E-state index in [-0.39, 0.29) is 18.0 Å². The number of rotatable bonds is 4. The Morgan fingerprint density at radius 2 is 1.68 bits per heavy atom. The minimum Gasteiger partial charge on any atom is -0.339 e. The predicted octanol–water partition coefficient (Wildman–Crippen LogP) is 3.92. The van der Waals surface area contributed by atoms with Gasteiger partial charge in [0.15, 0.2) is 0 Å². The van der Waals surface area contributed by atoms with Crippen molar-refractivity contribution in [2.24, 2.45) is 0 Å². The van der Waals surface area contributed by atoms with Gasteiger partial charge in [-0.2, -0.15) is 0 Å². The maximum absolute atomic E-state index is 12.6. The van der Waals surface area contributed by atoms with E-state index >= 15 is 0 Å². The fourth-order valence-electron chi connectivity index (χ4n) is 3.29. The minimum absolute atomic E-state index is 0.0776.